The van der Waals surface area contributed by atoms with Gasteiger partial charge in [-0.2, -0.15) is 11.3 Å². The molecule has 0 spiro atoms. The van der Waals surface area contributed by atoms with E-state index in [-0.39, 0.29) is 5.91 Å². The van der Waals surface area contributed by atoms with Gasteiger partial charge < -0.3 is 10.4 Å². The van der Waals surface area contributed by atoms with Gasteiger partial charge in [0.05, 0.1) is 12.0 Å². The summed E-state index contributed by atoms with van der Waals surface area (Å²) < 4.78 is 0. The average molecular weight is 241 g/mol. The number of hydrogen-bond acceptors (Lipinski definition) is 3. The van der Waals surface area contributed by atoms with E-state index >= 15 is 0 Å². The lowest BCUT2D eigenvalue weighted by atomic mass is 9.97. The van der Waals surface area contributed by atoms with Crippen LogP contribution >= 0.6 is 11.3 Å². The lowest BCUT2D eigenvalue weighted by Crippen LogP contribution is -2.42. The molecular weight excluding hydrogens is 222 g/mol. The van der Waals surface area contributed by atoms with Gasteiger partial charge in [-0.25, -0.2) is 0 Å². The van der Waals surface area contributed by atoms with E-state index in [1.54, 1.807) is 11.3 Å². The Bertz CT molecular complexity index is 318. The van der Waals surface area contributed by atoms with Crippen molar-refractivity contribution in [1.82, 2.24) is 5.32 Å². The summed E-state index contributed by atoms with van der Waals surface area (Å²) >= 11 is 1.58. The molecule has 2 N–H and O–H groups in total. The Morgan fingerprint density at radius 1 is 1.50 bits per heavy atom. The largest absolute Gasteiger partial charge is 0.388 e. The van der Waals surface area contributed by atoms with Crippen molar-refractivity contribution in [3.63, 3.8) is 0 Å². The van der Waals surface area contributed by atoms with Crippen LogP contribution in [0, 0.1) is 0 Å². The molecular formula is C12H19NO2S. The second-order valence-corrected chi connectivity index (χ2v) is 4.80. The smallest absolute Gasteiger partial charge is 0.224 e. The maximum Gasteiger partial charge on any atom is 0.224 e. The van der Waals surface area contributed by atoms with Crippen molar-refractivity contribution in [3.05, 3.63) is 22.4 Å². The van der Waals surface area contributed by atoms with Crippen LogP contribution in [0.15, 0.2) is 16.8 Å². The molecule has 16 heavy (non-hydrogen) atoms. The molecule has 4 heteroatoms. The van der Waals surface area contributed by atoms with Crippen molar-refractivity contribution in [2.75, 3.05) is 6.54 Å². The minimum absolute atomic E-state index is 0.0290. The molecule has 1 aromatic heterocycles. The first-order valence-electron chi connectivity index (χ1n) is 5.60. The van der Waals surface area contributed by atoms with E-state index in [1.165, 1.54) is 0 Å². The third-order valence-electron chi connectivity index (χ3n) is 2.88. The van der Waals surface area contributed by atoms with Crippen molar-refractivity contribution < 1.29 is 9.90 Å². The number of thiophene rings is 1. The summed E-state index contributed by atoms with van der Waals surface area (Å²) in [6, 6.07) is 1.94. The number of nitrogens with one attached hydrogen (secondary N) is 1. The van der Waals surface area contributed by atoms with Crippen LogP contribution in [0.25, 0.3) is 0 Å². The van der Waals surface area contributed by atoms with E-state index in [0.29, 0.717) is 25.8 Å². The molecule has 90 valence electrons. The van der Waals surface area contributed by atoms with E-state index in [0.717, 1.165) is 5.56 Å². The number of carbonyl (C=O) groups is 1. The van der Waals surface area contributed by atoms with Gasteiger partial charge in [-0.3, -0.25) is 4.79 Å². The third-order valence-corrected chi connectivity index (χ3v) is 3.61. The quantitative estimate of drug-likeness (QED) is 0.800. The second kappa shape index (κ2) is 6.01. The Balaban J connectivity index is 2.35. The predicted molar refractivity (Wildman–Crippen MR) is 66.6 cm³/mol. The fraction of sp³-hybridized carbons (Fsp3) is 0.583. The highest BCUT2D eigenvalue weighted by Crippen LogP contribution is 2.13. The first kappa shape index (κ1) is 13.2. The summed E-state index contributed by atoms with van der Waals surface area (Å²) in [5.74, 6) is -0.0290. The van der Waals surface area contributed by atoms with Crippen LogP contribution < -0.4 is 5.32 Å². The zero-order valence-electron chi connectivity index (χ0n) is 9.82. The SMILES string of the molecule is CCC(O)(CC)CNC(=O)Cc1ccsc1. The Morgan fingerprint density at radius 3 is 2.69 bits per heavy atom. The van der Waals surface area contributed by atoms with Gasteiger partial charge in [-0.15, -0.1) is 0 Å². The van der Waals surface area contributed by atoms with Crippen LogP contribution in [0.1, 0.15) is 32.3 Å². The predicted octanol–water partition coefficient (Wildman–Crippen LogP) is 1.96. The molecule has 0 unspecified atom stereocenters. The van der Waals surface area contributed by atoms with Gasteiger partial charge in [0, 0.05) is 6.54 Å². The van der Waals surface area contributed by atoms with Crippen molar-refractivity contribution >= 4 is 17.2 Å². The van der Waals surface area contributed by atoms with Gasteiger partial charge in [0.25, 0.3) is 0 Å². The highest BCUT2D eigenvalue weighted by atomic mass is 32.1. The van der Waals surface area contributed by atoms with E-state index in [9.17, 15) is 9.90 Å². The monoisotopic (exact) mass is 241 g/mol. The molecule has 1 rings (SSSR count). The van der Waals surface area contributed by atoms with Gasteiger partial charge in [0.2, 0.25) is 5.91 Å². The van der Waals surface area contributed by atoms with E-state index in [4.69, 9.17) is 0 Å². The van der Waals surface area contributed by atoms with Crippen LogP contribution in [-0.4, -0.2) is 23.2 Å². The molecule has 0 aromatic carbocycles. The molecule has 0 aliphatic heterocycles. The van der Waals surface area contributed by atoms with Crippen LogP contribution in [0.4, 0.5) is 0 Å². The lowest BCUT2D eigenvalue weighted by Gasteiger charge is -2.25. The van der Waals surface area contributed by atoms with Crippen LogP contribution in [-0.2, 0) is 11.2 Å². The first-order chi connectivity index (χ1) is 7.59. The molecule has 0 bridgehead atoms. The zero-order valence-corrected chi connectivity index (χ0v) is 10.6. The zero-order chi connectivity index (χ0) is 12.0. The highest BCUT2D eigenvalue weighted by molar-refractivity contribution is 7.07. The van der Waals surface area contributed by atoms with Gasteiger partial charge in [0.1, 0.15) is 0 Å². The fourth-order valence-electron chi connectivity index (χ4n) is 1.40. The third kappa shape index (κ3) is 3.94. The first-order valence-corrected chi connectivity index (χ1v) is 6.54. The summed E-state index contributed by atoms with van der Waals surface area (Å²) in [6.07, 6.45) is 1.71. The Labute approximate surface area is 100 Å². The summed E-state index contributed by atoms with van der Waals surface area (Å²) in [7, 11) is 0. The number of amides is 1. The number of carbonyl (C=O) groups excluding carboxylic acids is 1. The van der Waals surface area contributed by atoms with Crippen LogP contribution in [0.5, 0.6) is 0 Å². The maximum absolute atomic E-state index is 11.6. The molecule has 0 radical (unpaired) electrons. The van der Waals surface area contributed by atoms with Crippen molar-refractivity contribution in [3.8, 4) is 0 Å². The van der Waals surface area contributed by atoms with Gasteiger partial charge in [0.15, 0.2) is 0 Å². The summed E-state index contributed by atoms with van der Waals surface area (Å²) in [5, 5.41) is 16.7. The van der Waals surface area contributed by atoms with E-state index < -0.39 is 5.60 Å². The van der Waals surface area contributed by atoms with Gasteiger partial charge >= 0.3 is 0 Å². The molecule has 0 fully saturated rings. The normalized spacial score (nSPS) is 11.4. The lowest BCUT2D eigenvalue weighted by molar-refractivity contribution is -0.121. The Morgan fingerprint density at radius 2 is 2.19 bits per heavy atom. The number of rotatable bonds is 6. The topological polar surface area (TPSA) is 49.3 Å². The fourth-order valence-corrected chi connectivity index (χ4v) is 2.07. The molecule has 0 aliphatic carbocycles. The molecule has 1 heterocycles. The maximum atomic E-state index is 11.6. The molecule has 3 nitrogen and oxygen atoms in total. The molecule has 0 aliphatic rings. The molecule has 0 saturated heterocycles. The summed E-state index contributed by atoms with van der Waals surface area (Å²) in [5.41, 5.74) is 0.267. The van der Waals surface area contributed by atoms with Crippen molar-refractivity contribution in [2.24, 2.45) is 0 Å². The molecule has 1 aromatic rings. The van der Waals surface area contributed by atoms with Gasteiger partial charge in [-0.05, 0) is 35.2 Å². The van der Waals surface area contributed by atoms with Crippen LogP contribution in [0.3, 0.4) is 0 Å². The standard InChI is InChI=1S/C12H19NO2S/c1-3-12(15,4-2)9-13-11(14)7-10-5-6-16-8-10/h5-6,8,15H,3-4,7,9H2,1-2H3,(H,13,14). The molecule has 0 atom stereocenters. The number of hydrogen-bond donors (Lipinski definition) is 2. The minimum atomic E-state index is -0.760. The minimum Gasteiger partial charge on any atom is -0.388 e. The molecule has 0 saturated carbocycles. The molecule has 1 amide bonds. The van der Waals surface area contributed by atoms with E-state index in [2.05, 4.69) is 5.32 Å². The Hall–Kier alpha value is -0.870. The van der Waals surface area contributed by atoms with E-state index in [1.807, 2.05) is 30.7 Å². The summed E-state index contributed by atoms with van der Waals surface area (Å²) in [6.45, 7) is 4.19. The second-order valence-electron chi connectivity index (χ2n) is 4.02. The van der Waals surface area contributed by atoms with Crippen molar-refractivity contribution in [2.45, 2.75) is 38.7 Å². The van der Waals surface area contributed by atoms with Crippen LogP contribution in [0.2, 0.25) is 0 Å². The average Bonchev–Trinajstić information content (AvgIpc) is 2.79. The summed E-state index contributed by atoms with van der Waals surface area (Å²) in [4.78, 5) is 11.6. The Kier molecular flexibility index (Phi) is 4.96. The van der Waals surface area contributed by atoms with Crippen molar-refractivity contribution in [1.29, 1.82) is 0 Å². The van der Waals surface area contributed by atoms with Gasteiger partial charge in [-0.1, -0.05) is 13.8 Å². The number of aliphatic hydroxyl groups is 1. The highest BCUT2D eigenvalue weighted by Gasteiger charge is 2.22.